The largest absolute Gasteiger partial charge is 0.390 e. The van der Waals surface area contributed by atoms with Crippen LogP contribution in [-0.4, -0.2) is 56.4 Å². The second kappa shape index (κ2) is 5.96. The number of sulfone groups is 1. The number of aliphatic hydroxyl groups is 1. The van der Waals surface area contributed by atoms with Gasteiger partial charge in [0, 0.05) is 6.54 Å². The zero-order valence-electron chi connectivity index (χ0n) is 11.9. The molecule has 0 unspecified atom stereocenters. The van der Waals surface area contributed by atoms with Gasteiger partial charge < -0.3 is 5.11 Å². The molecule has 1 aliphatic rings. The highest BCUT2D eigenvalue weighted by Gasteiger charge is 2.44. The highest BCUT2D eigenvalue weighted by molar-refractivity contribution is 7.92. The number of hydrogen-bond acceptors (Lipinski definition) is 6. The molecule has 0 amide bonds. The van der Waals surface area contributed by atoms with Gasteiger partial charge in [-0.25, -0.2) is 16.8 Å². The normalized spacial score (nSPS) is 24.3. The Morgan fingerprint density at radius 3 is 2.59 bits per heavy atom. The zero-order chi connectivity index (χ0) is 16.5. The molecular formula is C13H16N2O5S2. The maximum Gasteiger partial charge on any atom is 0.243 e. The molecule has 1 heterocycles. The lowest BCUT2D eigenvalue weighted by Crippen LogP contribution is -2.46. The summed E-state index contributed by atoms with van der Waals surface area (Å²) in [5, 5.41) is 18.8. The minimum Gasteiger partial charge on any atom is -0.390 e. The Morgan fingerprint density at radius 2 is 2.09 bits per heavy atom. The van der Waals surface area contributed by atoms with Crippen LogP contribution in [-0.2, 0) is 19.9 Å². The molecule has 0 saturated carbocycles. The molecule has 2 rings (SSSR count). The summed E-state index contributed by atoms with van der Waals surface area (Å²) in [6.07, 6.45) is -1.25. The van der Waals surface area contributed by atoms with Gasteiger partial charge in [-0.1, -0.05) is 13.0 Å². The van der Waals surface area contributed by atoms with Crippen molar-refractivity contribution in [2.24, 2.45) is 0 Å². The third-order valence-electron chi connectivity index (χ3n) is 3.54. The van der Waals surface area contributed by atoms with E-state index in [1.165, 1.54) is 24.3 Å². The van der Waals surface area contributed by atoms with Crippen LogP contribution in [0.5, 0.6) is 0 Å². The molecule has 0 aromatic heterocycles. The van der Waals surface area contributed by atoms with E-state index in [4.69, 9.17) is 5.26 Å². The van der Waals surface area contributed by atoms with Crippen LogP contribution in [0.2, 0.25) is 0 Å². The van der Waals surface area contributed by atoms with E-state index in [1.54, 1.807) is 6.92 Å². The van der Waals surface area contributed by atoms with Crippen LogP contribution in [0.4, 0.5) is 0 Å². The number of likely N-dealkylation sites (N-methyl/N-ethyl adjacent to an activating group) is 1. The lowest BCUT2D eigenvalue weighted by molar-refractivity contribution is 0.130. The van der Waals surface area contributed by atoms with E-state index in [1.807, 2.05) is 6.07 Å². The number of hydrogen-bond donors (Lipinski definition) is 1. The molecule has 9 heteroatoms. The monoisotopic (exact) mass is 344 g/mol. The predicted octanol–water partition coefficient (Wildman–Crippen LogP) is -0.273. The summed E-state index contributed by atoms with van der Waals surface area (Å²) in [6.45, 7) is 1.60. The highest BCUT2D eigenvalue weighted by Crippen LogP contribution is 2.25. The van der Waals surface area contributed by atoms with Crippen molar-refractivity contribution >= 4 is 19.9 Å². The molecule has 1 N–H and O–H groups in total. The third kappa shape index (κ3) is 3.15. The molecule has 0 spiro atoms. The maximum absolute atomic E-state index is 12.7. The van der Waals surface area contributed by atoms with Gasteiger partial charge in [-0.3, -0.25) is 0 Å². The van der Waals surface area contributed by atoms with Gasteiger partial charge in [0.15, 0.2) is 9.84 Å². The zero-order valence-corrected chi connectivity index (χ0v) is 13.5. The van der Waals surface area contributed by atoms with E-state index in [-0.39, 0.29) is 17.0 Å². The topological polar surface area (TPSA) is 116 Å². The summed E-state index contributed by atoms with van der Waals surface area (Å²) in [7, 11) is -7.46. The smallest absolute Gasteiger partial charge is 0.243 e. The third-order valence-corrected chi connectivity index (χ3v) is 7.24. The van der Waals surface area contributed by atoms with Crippen molar-refractivity contribution in [3.05, 3.63) is 29.8 Å². The van der Waals surface area contributed by atoms with Crippen LogP contribution in [0.3, 0.4) is 0 Å². The SMILES string of the molecule is CCN([C@@H]1CS(=O)(=O)C[C@H]1O)S(=O)(=O)c1cccc(C#N)c1. The fourth-order valence-electron chi connectivity index (χ4n) is 2.53. The van der Waals surface area contributed by atoms with Gasteiger partial charge in [0.1, 0.15) is 0 Å². The van der Waals surface area contributed by atoms with Gasteiger partial charge >= 0.3 is 0 Å². The molecule has 2 atom stereocenters. The molecule has 0 aliphatic carbocycles. The Bertz CT molecular complexity index is 811. The Balaban J connectivity index is 2.44. The van der Waals surface area contributed by atoms with Crippen molar-refractivity contribution in [3.8, 4) is 6.07 Å². The molecule has 120 valence electrons. The molecule has 0 radical (unpaired) electrons. The summed E-state index contributed by atoms with van der Waals surface area (Å²) in [4.78, 5) is -0.0927. The van der Waals surface area contributed by atoms with E-state index in [2.05, 4.69) is 0 Å². The number of sulfonamides is 1. The van der Waals surface area contributed by atoms with Crippen LogP contribution in [0.25, 0.3) is 0 Å². The summed E-state index contributed by atoms with van der Waals surface area (Å²) in [6, 6.07) is 6.34. The van der Waals surface area contributed by atoms with E-state index < -0.39 is 43.5 Å². The van der Waals surface area contributed by atoms with Gasteiger partial charge in [0.25, 0.3) is 0 Å². The Labute approximate surface area is 129 Å². The van der Waals surface area contributed by atoms with Crippen molar-refractivity contribution in [1.82, 2.24) is 4.31 Å². The average Bonchev–Trinajstić information content (AvgIpc) is 2.72. The Morgan fingerprint density at radius 1 is 1.41 bits per heavy atom. The number of nitriles is 1. The minimum atomic E-state index is -3.99. The first-order valence-electron chi connectivity index (χ1n) is 6.62. The lowest BCUT2D eigenvalue weighted by atomic mass is 10.2. The quantitative estimate of drug-likeness (QED) is 0.803. The van der Waals surface area contributed by atoms with Gasteiger partial charge in [-0.15, -0.1) is 0 Å². The second-order valence-corrected chi connectivity index (χ2v) is 9.10. The molecule has 1 aromatic rings. The van der Waals surface area contributed by atoms with Crippen molar-refractivity contribution < 1.29 is 21.9 Å². The molecule has 22 heavy (non-hydrogen) atoms. The molecular weight excluding hydrogens is 328 g/mol. The molecule has 7 nitrogen and oxygen atoms in total. The van der Waals surface area contributed by atoms with Crippen molar-refractivity contribution in [2.45, 2.75) is 24.0 Å². The van der Waals surface area contributed by atoms with Crippen LogP contribution in [0, 0.1) is 11.3 Å². The first-order chi connectivity index (χ1) is 10.2. The number of benzene rings is 1. The van der Waals surface area contributed by atoms with Crippen molar-refractivity contribution in [1.29, 1.82) is 5.26 Å². The summed E-state index contributed by atoms with van der Waals surface area (Å²) in [5.74, 6) is -0.846. The fourth-order valence-corrected chi connectivity index (χ4v) is 6.13. The summed E-state index contributed by atoms with van der Waals surface area (Å²) < 4.78 is 49.6. The molecule has 1 aliphatic heterocycles. The maximum atomic E-state index is 12.7. The predicted molar refractivity (Wildman–Crippen MR) is 79.2 cm³/mol. The Kier molecular flexibility index (Phi) is 4.58. The molecule has 1 fully saturated rings. The van der Waals surface area contributed by atoms with Gasteiger partial charge in [0.05, 0.1) is 40.2 Å². The first kappa shape index (κ1) is 16.9. The minimum absolute atomic E-state index is 0.0242. The molecule has 1 aromatic carbocycles. The standard InChI is InChI=1S/C13H16N2O5S2/c1-2-15(12-8-21(17,18)9-13(12)16)22(19,20)11-5-3-4-10(6-11)7-14/h3-6,12-13,16H,2,8-9H2,1H3/t12-,13-/m1/s1. The second-order valence-electron chi connectivity index (χ2n) is 5.06. The van der Waals surface area contributed by atoms with E-state index in [0.717, 1.165) is 4.31 Å². The van der Waals surface area contributed by atoms with E-state index in [0.29, 0.717) is 0 Å². The van der Waals surface area contributed by atoms with E-state index >= 15 is 0 Å². The number of aliphatic hydroxyl groups excluding tert-OH is 1. The van der Waals surface area contributed by atoms with Crippen molar-refractivity contribution in [2.75, 3.05) is 18.1 Å². The Hall–Kier alpha value is -1.47. The molecule has 1 saturated heterocycles. The van der Waals surface area contributed by atoms with Gasteiger partial charge in [-0.05, 0) is 18.2 Å². The number of rotatable bonds is 4. The van der Waals surface area contributed by atoms with Crippen LogP contribution in [0.1, 0.15) is 12.5 Å². The van der Waals surface area contributed by atoms with Crippen LogP contribution >= 0.6 is 0 Å². The number of nitrogens with zero attached hydrogens (tertiary/aromatic N) is 2. The van der Waals surface area contributed by atoms with E-state index in [9.17, 15) is 21.9 Å². The summed E-state index contributed by atoms with van der Waals surface area (Å²) in [5.41, 5.74) is 0.191. The van der Waals surface area contributed by atoms with Crippen LogP contribution < -0.4 is 0 Å². The fraction of sp³-hybridized carbons (Fsp3) is 0.462. The molecule has 0 bridgehead atoms. The lowest BCUT2D eigenvalue weighted by Gasteiger charge is -2.28. The van der Waals surface area contributed by atoms with Crippen LogP contribution in [0.15, 0.2) is 29.2 Å². The van der Waals surface area contributed by atoms with Gasteiger partial charge in [-0.2, -0.15) is 9.57 Å². The average molecular weight is 344 g/mol. The van der Waals surface area contributed by atoms with Crippen molar-refractivity contribution in [3.63, 3.8) is 0 Å². The first-order valence-corrected chi connectivity index (χ1v) is 9.88. The highest BCUT2D eigenvalue weighted by atomic mass is 32.2. The van der Waals surface area contributed by atoms with Gasteiger partial charge in [0.2, 0.25) is 10.0 Å². The summed E-state index contributed by atoms with van der Waals surface area (Å²) >= 11 is 0.